The van der Waals surface area contributed by atoms with E-state index in [0.29, 0.717) is 17.8 Å². The number of carboxylic acids is 2. The van der Waals surface area contributed by atoms with Gasteiger partial charge < -0.3 is 34.4 Å². The molecule has 0 saturated heterocycles. The predicted molar refractivity (Wildman–Crippen MR) is 160 cm³/mol. The molecule has 0 saturated carbocycles. The van der Waals surface area contributed by atoms with E-state index in [1.807, 2.05) is 51.1 Å². The Kier molecular flexibility index (Phi) is 13.2. The number of carbonyl (C=O) groups is 3. The SMILES string of the molecule is CC(C)(C)c1[nH]cnc1/C=c1\[nH]c(=O)/c(=C/c2ccccc2)nc1OCOC(=O)CCCc1cn(C(CCC(=O)O)C(=O)[O-])nn1.[Na+]. The molecular weight excluding hydrogens is 621 g/mol. The molecule has 0 fully saturated rings. The zero-order valence-corrected chi connectivity index (χ0v) is 28.6. The summed E-state index contributed by atoms with van der Waals surface area (Å²) in [6, 6.07) is 7.89. The van der Waals surface area contributed by atoms with Gasteiger partial charge in [0, 0.05) is 30.1 Å². The fraction of sp³-hybridized carbons (Fsp3) is 0.355. The second-order valence-corrected chi connectivity index (χ2v) is 11.4. The summed E-state index contributed by atoms with van der Waals surface area (Å²) in [5.41, 5.74) is 1.87. The summed E-state index contributed by atoms with van der Waals surface area (Å²) < 4.78 is 12.0. The molecule has 16 heteroatoms. The van der Waals surface area contributed by atoms with Gasteiger partial charge in [-0.1, -0.05) is 56.3 Å². The first kappa shape index (κ1) is 36.9. The van der Waals surface area contributed by atoms with Gasteiger partial charge in [0.15, 0.2) is 0 Å². The fourth-order valence-corrected chi connectivity index (χ4v) is 4.46. The summed E-state index contributed by atoms with van der Waals surface area (Å²) in [7, 11) is 0. The topological polar surface area (TPSA) is 218 Å². The maximum atomic E-state index is 13.0. The molecule has 1 unspecified atom stereocenters. The van der Waals surface area contributed by atoms with Crippen LogP contribution in [0.4, 0.5) is 0 Å². The molecule has 47 heavy (non-hydrogen) atoms. The van der Waals surface area contributed by atoms with Gasteiger partial charge in [0.25, 0.3) is 5.56 Å². The normalized spacial score (nSPS) is 12.7. The number of aromatic nitrogens is 7. The molecule has 0 bridgehead atoms. The van der Waals surface area contributed by atoms with Crippen molar-refractivity contribution in [1.29, 1.82) is 0 Å². The van der Waals surface area contributed by atoms with Crippen LogP contribution in [0.15, 0.2) is 47.7 Å². The minimum atomic E-state index is -1.47. The molecule has 0 spiro atoms. The first-order valence-corrected chi connectivity index (χ1v) is 14.4. The standard InChI is InChI=1S/C31H35N7O8.Na/c1-31(2,3)27-21(32-17-33-27)15-23-29(35-22(28(42)34-23)14-19-8-5-4-6-9-19)46-18-45-26(41)11-7-10-20-16-38(37-36-20)24(30(43)44)12-13-25(39)40;/h4-6,8-9,14-17,24H,7,10-13,18H2,1-3H3,(H,32,33)(H,34,42)(H,39,40)(H,43,44);/q;+1/p-1/b22-14-,23-15-;. The Morgan fingerprint density at radius 1 is 1.13 bits per heavy atom. The number of H-pyrrole nitrogens is 2. The third kappa shape index (κ3) is 10.7. The smallest absolute Gasteiger partial charge is 0.548 e. The molecule has 4 rings (SSSR count). The second kappa shape index (κ2) is 16.8. The average molecular weight is 656 g/mol. The van der Waals surface area contributed by atoms with E-state index in [0.717, 1.165) is 15.9 Å². The van der Waals surface area contributed by atoms with E-state index >= 15 is 0 Å². The molecule has 0 aliphatic rings. The second-order valence-electron chi connectivity index (χ2n) is 11.4. The molecule has 15 nitrogen and oxygen atoms in total. The maximum absolute atomic E-state index is 13.0. The molecule has 0 radical (unpaired) electrons. The Hall–Kier alpha value is -4.60. The Labute approximate surface area is 291 Å². The molecule has 3 heterocycles. The van der Waals surface area contributed by atoms with Crippen LogP contribution in [-0.2, 0) is 31.0 Å². The molecule has 3 aromatic heterocycles. The summed E-state index contributed by atoms with van der Waals surface area (Å²) in [4.78, 5) is 62.3. The maximum Gasteiger partial charge on any atom is 1.00 e. The summed E-state index contributed by atoms with van der Waals surface area (Å²) in [5, 5.41) is 28.2. The summed E-state index contributed by atoms with van der Waals surface area (Å²) in [6.45, 7) is 5.57. The van der Waals surface area contributed by atoms with Crippen molar-refractivity contribution in [3.05, 3.63) is 86.6 Å². The molecule has 242 valence electrons. The molecule has 3 N–H and O–H groups in total. The number of aliphatic carboxylic acids is 2. The van der Waals surface area contributed by atoms with Crippen LogP contribution < -0.4 is 55.7 Å². The van der Waals surface area contributed by atoms with Crippen molar-refractivity contribution in [3.63, 3.8) is 0 Å². The van der Waals surface area contributed by atoms with E-state index in [-0.39, 0.29) is 77.2 Å². The number of ether oxygens (including phenoxy) is 2. The van der Waals surface area contributed by atoms with Crippen LogP contribution in [0.25, 0.3) is 12.2 Å². The Balaban J connectivity index is 0.00000600. The number of benzene rings is 1. The quantitative estimate of drug-likeness (QED) is 0.0708. The van der Waals surface area contributed by atoms with Crippen molar-refractivity contribution in [2.45, 2.75) is 64.3 Å². The molecule has 1 atom stereocenters. The van der Waals surface area contributed by atoms with Gasteiger partial charge in [-0.15, -0.1) is 5.10 Å². The minimum Gasteiger partial charge on any atom is -0.548 e. The van der Waals surface area contributed by atoms with Gasteiger partial charge in [-0.2, -0.15) is 0 Å². The third-order valence-corrected chi connectivity index (χ3v) is 6.75. The molecule has 0 aliphatic carbocycles. The first-order chi connectivity index (χ1) is 21.9. The van der Waals surface area contributed by atoms with E-state index in [2.05, 4.69) is 30.2 Å². The number of hydrogen-bond acceptors (Lipinski definition) is 11. The van der Waals surface area contributed by atoms with Gasteiger partial charge in [-0.25, -0.2) is 14.6 Å². The van der Waals surface area contributed by atoms with E-state index in [1.54, 1.807) is 18.5 Å². The van der Waals surface area contributed by atoms with E-state index in [4.69, 9.17) is 14.6 Å². The Bertz CT molecular complexity index is 1860. The monoisotopic (exact) mass is 655 g/mol. The van der Waals surface area contributed by atoms with E-state index < -0.39 is 36.3 Å². The van der Waals surface area contributed by atoms with Crippen LogP contribution in [0.1, 0.15) is 75.1 Å². The van der Waals surface area contributed by atoms with Gasteiger partial charge in [-0.3, -0.25) is 14.4 Å². The van der Waals surface area contributed by atoms with Gasteiger partial charge in [-0.05, 0) is 37.0 Å². The van der Waals surface area contributed by atoms with Crippen molar-refractivity contribution < 1.29 is 63.6 Å². The van der Waals surface area contributed by atoms with Crippen LogP contribution in [0.3, 0.4) is 0 Å². The van der Waals surface area contributed by atoms with Crippen LogP contribution in [-0.4, -0.2) is 64.7 Å². The van der Waals surface area contributed by atoms with E-state index in [9.17, 15) is 24.3 Å². The van der Waals surface area contributed by atoms with Gasteiger partial charge in [0.2, 0.25) is 12.7 Å². The molecule has 0 aliphatic heterocycles. The third-order valence-electron chi connectivity index (χ3n) is 6.75. The number of aromatic amines is 2. The molecule has 0 amide bonds. The summed E-state index contributed by atoms with van der Waals surface area (Å²) >= 11 is 0. The number of carbonyl (C=O) groups excluding carboxylic acids is 2. The van der Waals surface area contributed by atoms with E-state index in [1.165, 1.54) is 6.20 Å². The molecule has 4 aromatic rings. The van der Waals surface area contributed by atoms with Gasteiger partial charge in [0.1, 0.15) is 10.7 Å². The van der Waals surface area contributed by atoms with Crippen LogP contribution >= 0.6 is 0 Å². The van der Waals surface area contributed by atoms with Crippen LogP contribution in [0, 0.1) is 0 Å². The number of rotatable bonds is 14. The van der Waals surface area contributed by atoms with Gasteiger partial charge >= 0.3 is 41.5 Å². The first-order valence-electron chi connectivity index (χ1n) is 14.4. The zero-order valence-electron chi connectivity index (χ0n) is 26.6. The summed E-state index contributed by atoms with van der Waals surface area (Å²) in [6.07, 6.45) is 6.18. The number of nitrogens with zero attached hydrogens (tertiary/aromatic N) is 5. The zero-order chi connectivity index (χ0) is 33.3. The number of esters is 1. The predicted octanol–water partition coefficient (Wildman–Crippen LogP) is -2.90. The Morgan fingerprint density at radius 3 is 2.55 bits per heavy atom. The number of imidazole rings is 1. The largest absolute Gasteiger partial charge is 1.00 e. The van der Waals surface area contributed by atoms with Crippen molar-refractivity contribution in [2.24, 2.45) is 0 Å². The van der Waals surface area contributed by atoms with Crippen molar-refractivity contribution in [2.75, 3.05) is 6.79 Å². The fourth-order valence-electron chi connectivity index (χ4n) is 4.46. The van der Waals surface area contributed by atoms with Crippen LogP contribution in [0.5, 0.6) is 5.88 Å². The molecular formula is C31H34N7NaO8. The van der Waals surface area contributed by atoms with Crippen molar-refractivity contribution in [3.8, 4) is 5.88 Å². The number of hydrogen-bond donors (Lipinski definition) is 3. The average Bonchev–Trinajstić information content (AvgIpc) is 3.66. The summed E-state index contributed by atoms with van der Waals surface area (Å²) in [5.74, 6) is -3.16. The number of carboxylic acid groups (broad SMARTS) is 2. The van der Waals surface area contributed by atoms with Gasteiger partial charge in [0.05, 0.1) is 29.7 Å². The minimum absolute atomic E-state index is 0. The number of aryl methyl sites for hydroxylation is 1. The molecule has 1 aromatic carbocycles. The Morgan fingerprint density at radius 2 is 1.87 bits per heavy atom. The van der Waals surface area contributed by atoms with Crippen LogP contribution in [0.2, 0.25) is 0 Å². The number of nitrogens with one attached hydrogen (secondary N) is 2. The van der Waals surface area contributed by atoms with Crippen molar-refractivity contribution in [1.82, 2.24) is 34.9 Å². The van der Waals surface area contributed by atoms with Crippen molar-refractivity contribution >= 4 is 30.1 Å².